The lowest BCUT2D eigenvalue weighted by Crippen LogP contribution is -2.55. The second-order valence-electron chi connectivity index (χ2n) is 8.49. The molecule has 1 spiro atoms. The van der Waals surface area contributed by atoms with Crippen LogP contribution in [0.1, 0.15) is 47.7 Å². The van der Waals surface area contributed by atoms with Crippen molar-refractivity contribution in [1.82, 2.24) is 24.3 Å². The van der Waals surface area contributed by atoms with Gasteiger partial charge in [0.15, 0.2) is 6.10 Å². The van der Waals surface area contributed by atoms with Crippen LogP contribution in [0, 0.1) is 6.92 Å². The lowest BCUT2D eigenvalue weighted by atomic mass is 9.88. The number of aromatic nitrogens is 3. The molecule has 2 fully saturated rings. The highest BCUT2D eigenvalue weighted by Crippen LogP contribution is 2.40. The third kappa shape index (κ3) is 3.29. The summed E-state index contributed by atoms with van der Waals surface area (Å²) < 4.78 is 8.56. The maximum atomic E-state index is 13.0. The van der Waals surface area contributed by atoms with Crippen molar-refractivity contribution in [2.45, 2.75) is 50.9 Å². The molecule has 2 saturated heterocycles. The third-order valence-corrected chi connectivity index (χ3v) is 6.51. The minimum Gasteiger partial charge on any atom is -0.352 e. The fourth-order valence-corrected chi connectivity index (χ4v) is 4.90. The van der Waals surface area contributed by atoms with Crippen LogP contribution in [0.5, 0.6) is 0 Å². The van der Waals surface area contributed by atoms with Crippen molar-refractivity contribution in [3.05, 3.63) is 47.8 Å². The Morgan fingerprint density at radius 2 is 1.87 bits per heavy atom. The van der Waals surface area contributed by atoms with Gasteiger partial charge in [0.2, 0.25) is 0 Å². The van der Waals surface area contributed by atoms with E-state index >= 15 is 0 Å². The van der Waals surface area contributed by atoms with Crippen LogP contribution in [-0.2, 0) is 21.7 Å². The first-order chi connectivity index (χ1) is 14.6. The zero-order chi connectivity index (χ0) is 20.7. The molecule has 8 heteroatoms. The van der Waals surface area contributed by atoms with Gasteiger partial charge in [0.1, 0.15) is 17.1 Å². The van der Waals surface area contributed by atoms with Gasteiger partial charge in [-0.1, -0.05) is 6.07 Å². The normalized spacial score (nSPS) is 22.9. The number of nitrogens with zero attached hydrogens (tertiary/aromatic N) is 5. The molecule has 5 heterocycles. The smallest absolute Gasteiger partial charge is 0.272 e. The molecule has 0 radical (unpaired) electrons. The lowest BCUT2D eigenvalue weighted by Gasteiger charge is -2.46. The zero-order valence-corrected chi connectivity index (χ0v) is 17.3. The summed E-state index contributed by atoms with van der Waals surface area (Å²) in [5.74, 6) is 0.889. The molecule has 3 aliphatic rings. The van der Waals surface area contributed by atoms with Gasteiger partial charge in [-0.2, -0.15) is 0 Å². The molecule has 0 saturated carbocycles. The van der Waals surface area contributed by atoms with Gasteiger partial charge < -0.3 is 19.1 Å². The summed E-state index contributed by atoms with van der Waals surface area (Å²) >= 11 is 0. The molecule has 0 N–H and O–H groups in total. The lowest BCUT2D eigenvalue weighted by molar-refractivity contribution is -0.179. The van der Waals surface area contributed by atoms with E-state index in [1.54, 1.807) is 12.3 Å². The van der Waals surface area contributed by atoms with Crippen molar-refractivity contribution in [3.63, 3.8) is 0 Å². The summed E-state index contributed by atoms with van der Waals surface area (Å²) in [4.78, 5) is 38.6. The number of ether oxygens (including phenoxy) is 1. The summed E-state index contributed by atoms with van der Waals surface area (Å²) in [6.45, 7) is 5.11. The highest BCUT2D eigenvalue weighted by molar-refractivity contribution is 5.92. The van der Waals surface area contributed by atoms with Crippen molar-refractivity contribution in [1.29, 1.82) is 0 Å². The SMILES string of the molecule is Cc1cccc(C(=O)N2CCC3(CC2)OC(C(=O)N2CCCC2)Cn2ccnc23)n1. The molecule has 158 valence electrons. The number of carbonyl (C=O) groups is 2. The number of imidazole rings is 1. The molecule has 5 rings (SSSR count). The van der Waals surface area contributed by atoms with Crippen LogP contribution < -0.4 is 0 Å². The van der Waals surface area contributed by atoms with E-state index in [1.165, 1.54) is 0 Å². The highest BCUT2D eigenvalue weighted by atomic mass is 16.5. The van der Waals surface area contributed by atoms with E-state index in [-0.39, 0.29) is 11.8 Å². The minimum absolute atomic E-state index is 0.0580. The second kappa shape index (κ2) is 7.50. The number of hydrogen-bond donors (Lipinski definition) is 0. The van der Waals surface area contributed by atoms with Gasteiger partial charge in [-0.3, -0.25) is 9.59 Å². The number of likely N-dealkylation sites (tertiary alicyclic amines) is 2. The monoisotopic (exact) mass is 409 g/mol. The van der Waals surface area contributed by atoms with Crippen molar-refractivity contribution >= 4 is 11.8 Å². The average molecular weight is 409 g/mol. The van der Waals surface area contributed by atoms with Crippen LogP contribution >= 0.6 is 0 Å². The van der Waals surface area contributed by atoms with Crippen LogP contribution in [0.2, 0.25) is 0 Å². The molecule has 30 heavy (non-hydrogen) atoms. The summed E-state index contributed by atoms with van der Waals surface area (Å²) in [6, 6.07) is 5.50. The fourth-order valence-electron chi connectivity index (χ4n) is 4.90. The number of rotatable bonds is 2. The third-order valence-electron chi connectivity index (χ3n) is 6.51. The van der Waals surface area contributed by atoms with Crippen molar-refractivity contribution in [3.8, 4) is 0 Å². The molecule has 1 atom stereocenters. The Hall–Kier alpha value is -2.74. The summed E-state index contributed by atoms with van der Waals surface area (Å²) in [7, 11) is 0. The molecule has 0 aliphatic carbocycles. The Kier molecular flexibility index (Phi) is 4.81. The topological polar surface area (TPSA) is 80.6 Å². The summed E-state index contributed by atoms with van der Waals surface area (Å²) in [5.41, 5.74) is 0.674. The summed E-state index contributed by atoms with van der Waals surface area (Å²) in [6.07, 6.45) is 6.56. The maximum absolute atomic E-state index is 13.0. The standard InChI is InChI=1S/C22H27N5O3/c1-16-5-4-6-17(24-16)19(28)26-12-7-22(8-13-26)21-23-9-14-27(21)15-18(30-22)20(29)25-10-2-3-11-25/h4-6,9,14,18H,2-3,7-8,10-13,15H2,1H3. The van der Waals surface area contributed by atoms with E-state index in [4.69, 9.17) is 4.74 Å². The molecule has 1 unspecified atom stereocenters. The van der Waals surface area contributed by atoms with Gasteiger partial charge in [0.25, 0.3) is 11.8 Å². The van der Waals surface area contributed by atoms with Crippen LogP contribution in [0.25, 0.3) is 0 Å². The quantitative estimate of drug-likeness (QED) is 0.755. The van der Waals surface area contributed by atoms with E-state index in [2.05, 4.69) is 14.5 Å². The molecule has 2 aromatic rings. The van der Waals surface area contributed by atoms with E-state index in [0.29, 0.717) is 38.2 Å². The second-order valence-corrected chi connectivity index (χ2v) is 8.49. The maximum Gasteiger partial charge on any atom is 0.272 e. The largest absolute Gasteiger partial charge is 0.352 e. The van der Waals surface area contributed by atoms with Gasteiger partial charge in [-0.25, -0.2) is 9.97 Å². The number of fused-ring (bicyclic) bond motifs is 2. The molecule has 3 aliphatic heterocycles. The van der Waals surface area contributed by atoms with Gasteiger partial charge in [0, 0.05) is 57.1 Å². The molecular formula is C22H27N5O3. The van der Waals surface area contributed by atoms with E-state index in [0.717, 1.165) is 37.4 Å². The van der Waals surface area contributed by atoms with E-state index in [1.807, 2.05) is 35.1 Å². The summed E-state index contributed by atoms with van der Waals surface area (Å²) in [5, 5.41) is 0. The molecule has 2 amide bonds. The number of pyridine rings is 1. The molecule has 0 aromatic carbocycles. The van der Waals surface area contributed by atoms with Crippen molar-refractivity contribution in [2.24, 2.45) is 0 Å². The van der Waals surface area contributed by atoms with Crippen LogP contribution in [0.3, 0.4) is 0 Å². The highest BCUT2D eigenvalue weighted by Gasteiger charge is 2.48. The fraction of sp³-hybridized carbons (Fsp3) is 0.545. The number of aryl methyl sites for hydroxylation is 1. The van der Waals surface area contributed by atoms with E-state index < -0.39 is 11.7 Å². The Morgan fingerprint density at radius 3 is 2.60 bits per heavy atom. The number of hydrogen-bond acceptors (Lipinski definition) is 5. The molecular weight excluding hydrogens is 382 g/mol. The van der Waals surface area contributed by atoms with Crippen LogP contribution in [0.4, 0.5) is 0 Å². The van der Waals surface area contributed by atoms with Gasteiger partial charge in [-0.05, 0) is 31.9 Å². The van der Waals surface area contributed by atoms with Crippen molar-refractivity contribution in [2.75, 3.05) is 26.2 Å². The molecule has 0 bridgehead atoms. The Labute approximate surface area is 175 Å². The van der Waals surface area contributed by atoms with Crippen molar-refractivity contribution < 1.29 is 14.3 Å². The molecule has 2 aromatic heterocycles. The minimum atomic E-state index is -0.626. The Bertz CT molecular complexity index is 957. The molecule has 8 nitrogen and oxygen atoms in total. The zero-order valence-electron chi connectivity index (χ0n) is 17.3. The predicted molar refractivity (Wildman–Crippen MR) is 109 cm³/mol. The first-order valence-corrected chi connectivity index (χ1v) is 10.8. The van der Waals surface area contributed by atoms with Gasteiger partial charge in [0.05, 0.1) is 6.54 Å². The first kappa shape index (κ1) is 19.2. The van der Waals surface area contributed by atoms with Crippen LogP contribution in [-0.4, -0.2) is 68.4 Å². The van der Waals surface area contributed by atoms with E-state index in [9.17, 15) is 9.59 Å². The van der Waals surface area contributed by atoms with Gasteiger partial charge >= 0.3 is 0 Å². The Balaban J connectivity index is 1.34. The van der Waals surface area contributed by atoms with Crippen LogP contribution in [0.15, 0.2) is 30.6 Å². The predicted octanol–water partition coefficient (Wildman–Crippen LogP) is 1.74. The van der Waals surface area contributed by atoms with Gasteiger partial charge in [-0.15, -0.1) is 0 Å². The Morgan fingerprint density at radius 1 is 1.10 bits per heavy atom. The first-order valence-electron chi connectivity index (χ1n) is 10.8. The number of piperidine rings is 1. The number of carbonyl (C=O) groups excluding carboxylic acids is 2. The average Bonchev–Trinajstić information content (AvgIpc) is 3.46. The number of amides is 2.